The first-order chi connectivity index (χ1) is 9.16. The lowest BCUT2D eigenvalue weighted by atomic mass is 10.0. The topological polar surface area (TPSA) is 16.1 Å². The van der Waals surface area contributed by atoms with Crippen molar-refractivity contribution in [2.24, 2.45) is 0 Å². The largest absolute Gasteiger partial charge is 0.378 e. The average molecular weight is 252 g/mol. The molecule has 2 heteroatoms. The fraction of sp³-hybridized carbons (Fsp3) is 0.235. The van der Waals surface area contributed by atoms with Crippen LogP contribution in [0.5, 0.6) is 0 Å². The van der Waals surface area contributed by atoms with Gasteiger partial charge in [0.2, 0.25) is 0 Å². The van der Waals surface area contributed by atoms with Crippen LogP contribution in [0.25, 0.3) is 6.08 Å². The summed E-state index contributed by atoms with van der Waals surface area (Å²) in [6, 6.07) is 14.6. The first-order valence-electron chi connectivity index (χ1n) is 6.53. The van der Waals surface area contributed by atoms with Crippen molar-refractivity contribution in [3.8, 4) is 0 Å². The Hall–Kier alpha value is -2.09. The zero-order valence-corrected chi connectivity index (χ0v) is 11.7. The van der Waals surface area contributed by atoms with Crippen LogP contribution in [0.3, 0.4) is 0 Å². The van der Waals surface area contributed by atoms with Crippen molar-refractivity contribution in [1.29, 1.82) is 0 Å². The monoisotopic (exact) mass is 252 g/mol. The molecular weight excluding hydrogens is 232 g/mol. The first kappa shape index (κ1) is 13.3. The van der Waals surface area contributed by atoms with E-state index < -0.39 is 0 Å². The number of benzene rings is 1. The van der Waals surface area contributed by atoms with Crippen LogP contribution < -0.4 is 4.90 Å². The summed E-state index contributed by atoms with van der Waals surface area (Å²) in [7, 11) is 4.10. The summed E-state index contributed by atoms with van der Waals surface area (Å²) >= 11 is 0. The van der Waals surface area contributed by atoms with E-state index in [9.17, 15) is 0 Å². The molecule has 1 unspecified atom stereocenters. The van der Waals surface area contributed by atoms with Crippen molar-refractivity contribution >= 4 is 11.8 Å². The maximum absolute atomic E-state index is 4.37. The molecule has 0 aliphatic heterocycles. The number of hydrogen-bond donors (Lipinski definition) is 0. The molecule has 0 saturated carbocycles. The number of nitrogens with zero attached hydrogens (tertiary/aromatic N) is 2. The lowest BCUT2D eigenvalue weighted by molar-refractivity contribution is 0.911. The normalized spacial score (nSPS) is 12.6. The fourth-order valence-corrected chi connectivity index (χ4v) is 1.88. The lowest BCUT2D eigenvalue weighted by Crippen LogP contribution is -2.07. The van der Waals surface area contributed by atoms with Crippen LogP contribution in [0.1, 0.15) is 24.1 Å². The molecule has 2 aromatic rings. The highest BCUT2D eigenvalue weighted by molar-refractivity contribution is 5.56. The van der Waals surface area contributed by atoms with Crippen LogP contribution in [0.4, 0.5) is 5.69 Å². The first-order valence-corrected chi connectivity index (χ1v) is 6.53. The molecule has 0 bridgehead atoms. The Bertz CT molecular complexity index is 527. The predicted molar refractivity (Wildman–Crippen MR) is 82.5 cm³/mol. The number of anilines is 1. The number of allylic oxidation sites excluding steroid dienone is 1. The fourth-order valence-electron chi connectivity index (χ4n) is 1.88. The SMILES string of the molecule is CC(C=Cc1ccc(N(C)C)cc1)c1ccccn1. The average Bonchev–Trinajstić information content (AvgIpc) is 2.46. The molecule has 0 aliphatic carbocycles. The van der Waals surface area contributed by atoms with E-state index in [2.05, 4.69) is 59.3 Å². The zero-order chi connectivity index (χ0) is 13.7. The third kappa shape index (κ3) is 3.68. The molecule has 0 spiro atoms. The Morgan fingerprint density at radius 2 is 1.79 bits per heavy atom. The highest BCUT2D eigenvalue weighted by Gasteiger charge is 2.01. The van der Waals surface area contributed by atoms with Gasteiger partial charge >= 0.3 is 0 Å². The molecule has 19 heavy (non-hydrogen) atoms. The standard InChI is InChI=1S/C17H20N2/c1-14(17-6-4-5-13-18-17)7-8-15-9-11-16(12-10-15)19(2)3/h4-14H,1-3H3. The van der Waals surface area contributed by atoms with Crippen molar-refractivity contribution in [3.63, 3.8) is 0 Å². The van der Waals surface area contributed by atoms with Crippen LogP contribution in [0, 0.1) is 0 Å². The van der Waals surface area contributed by atoms with Crippen LogP contribution in [0.15, 0.2) is 54.7 Å². The van der Waals surface area contributed by atoms with Gasteiger partial charge < -0.3 is 4.90 Å². The van der Waals surface area contributed by atoms with Gasteiger partial charge in [0.1, 0.15) is 0 Å². The van der Waals surface area contributed by atoms with Crippen molar-refractivity contribution in [2.45, 2.75) is 12.8 Å². The van der Waals surface area contributed by atoms with Gasteiger partial charge in [-0.25, -0.2) is 0 Å². The van der Waals surface area contributed by atoms with Gasteiger partial charge in [-0.2, -0.15) is 0 Å². The van der Waals surface area contributed by atoms with Crippen molar-refractivity contribution in [3.05, 3.63) is 66.0 Å². The Balaban J connectivity index is 2.06. The summed E-state index contributed by atoms with van der Waals surface area (Å²) in [4.78, 5) is 6.47. The van der Waals surface area contributed by atoms with Crippen LogP contribution in [0.2, 0.25) is 0 Å². The molecule has 1 aromatic carbocycles. The van der Waals surface area contributed by atoms with Gasteiger partial charge in [-0.05, 0) is 29.8 Å². The third-order valence-corrected chi connectivity index (χ3v) is 3.14. The van der Waals surface area contributed by atoms with Crippen LogP contribution in [-0.4, -0.2) is 19.1 Å². The van der Waals surface area contributed by atoms with Crippen molar-refractivity contribution in [2.75, 3.05) is 19.0 Å². The molecule has 98 valence electrons. The highest BCUT2D eigenvalue weighted by atomic mass is 15.1. The lowest BCUT2D eigenvalue weighted by Gasteiger charge is -2.12. The maximum Gasteiger partial charge on any atom is 0.0469 e. The Kier molecular flexibility index (Phi) is 4.35. The number of hydrogen-bond acceptors (Lipinski definition) is 2. The molecule has 0 aliphatic rings. The Labute approximate surface area is 115 Å². The molecule has 1 atom stereocenters. The minimum Gasteiger partial charge on any atom is -0.378 e. The molecule has 0 N–H and O–H groups in total. The molecule has 0 radical (unpaired) electrons. The highest BCUT2D eigenvalue weighted by Crippen LogP contribution is 2.17. The van der Waals surface area contributed by atoms with Crippen LogP contribution >= 0.6 is 0 Å². The van der Waals surface area contributed by atoms with E-state index in [0.29, 0.717) is 5.92 Å². The number of rotatable bonds is 4. The second-order valence-corrected chi connectivity index (χ2v) is 4.89. The maximum atomic E-state index is 4.37. The van der Waals surface area contributed by atoms with E-state index in [1.165, 1.54) is 11.3 Å². The summed E-state index contributed by atoms with van der Waals surface area (Å²) in [6.45, 7) is 2.16. The van der Waals surface area contributed by atoms with E-state index in [4.69, 9.17) is 0 Å². The molecule has 0 amide bonds. The minimum absolute atomic E-state index is 0.328. The summed E-state index contributed by atoms with van der Waals surface area (Å²) in [6.07, 6.45) is 6.18. The van der Waals surface area contributed by atoms with E-state index >= 15 is 0 Å². The third-order valence-electron chi connectivity index (χ3n) is 3.14. The summed E-state index contributed by atoms with van der Waals surface area (Å²) < 4.78 is 0. The Morgan fingerprint density at radius 1 is 1.05 bits per heavy atom. The second-order valence-electron chi connectivity index (χ2n) is 4.89. The molecule has 2 nitrogen and oxygen atoms in total. The van der Waals surface area contributed by atoms with E-state index in [-0.39, 0.29) is 0 Å². The summed E-state index contributed by atoms with van der Waals surface area (Å²) in [5.41, 5.74) is 3.53. The van der Waals surface area contributed by atoms with Gasteiger partial charge in [0, 0.05) is 37.6 Å². The van der Waals surface area contributed by atoms with Crippen molar-refractivity contribution < 1.29 is 0 Å². The smallest absolute Gasteiger partial charge is 0.0469 e. The van der Waals surface area contributed by atoms with E-state index in [0.717, 1.165) is 5.69 Å². The van der Waals surface area contributed by atoms with Gasteiger partial charge in [-0.1, -0.05) is 37.3 Å². The van der Waals surface area contributed by atoms with Gasteiger partial charge in [-0.15, -0.1) is 0 Å². The number of pyridine rings is 1. The summed E-state index contributed by atoms with van der Waals surface area (Å²) in [5.74, 6) is 0.328. The Morgan fingerprint density at radius 3 is 2.37 bits per heavy atom. The number of aromatic nitrogens is 1. The molecule has 0 saturated heterocycles. The predicted octanol–water partition coefficient (Wildman–Crippen LogP) is 3.96. The molecule has 1 heterocycles. The van der Waals surface area contributed by atoms with Crippen molar-refractivity contribution in [1.82, 2.24) is 4.98 Å². The van der Waals surface area contributed by atoms with E-state index in [1.807, 2.05) is 32.4 Å². The second kappa shape index (κ2) is 6.19. The molecule has 1 aromatic heterocycles. The molecule has 2 rings (SSSR count). The van der Waals surface area contributed by atoms with Gasteiger partial charge in [0.25, 0.3) is 0 Å². The van der Waals surface area contributed by atoms with E-state index in [1.54, 1.807) is 0 Å². The minimum atomic E-state index is 0.328. The quantitative estimate of drug-likeness (QED) is 0.818. The van der Waals surface area contributed by atoms with Gasteiger partial charge in [-0.3, -0.25) is 4.98 Å². The van der Waals surface area contributed by atoms with Crippen LogP contribution in [-0.2, 0) is 0 Å². The zero-order valence-electron chi connectivity index (χ0n) is 11.7. The molecular formula is C17H20N2. The summed E-state index contributed by atoms with van der Waals surface area (Å²) in [5, 5.41) is 0. The molecule has 0 fully saturated rings. The van der Waals surface area contributed by atoms with Gasteiger partial charge in [0.05, 0.1) is 0 Å². The van der Waals surface area contributed by atoms with Gasteiger partial charge in [0.15, 0.2) is 0 Å².